The van der Waals surface area contributed by atoms with Gasteiger partial charge in [0.25, 0.3) is 0 Å². The average molecular weight is 243 g/mol. The number of nitrogens with zero attached hydrogens (tertiary/aromatic N) is 1. The second kappa shape index (κ2) is 8.28. The molecule has 3 N–H and O–H groups in total. The molecule has 0 fully saturated rings. The van der Waals surface area contributed by atoms with Gasteiger partial charge in [-0.2, -0.15) is 0 Å². The Morgan fingerprint density at radius 3 is 2.47 bits per heavy atom. The van der Waals surface area contributed by atoms with E-state index >= 15 is 0 Å². The van der Waals surface area contributed by atoms with Crippen molar-refractivity contribution in [2.24, 2.45) is 0 Å². The van der Waals surface area contributed by atoms with E-state index in [0.29, 0.717) is 6.54 Å². The lowest BCUT2D eigenvalue weighted by Gasteiger charge is -2.17. The van der Waals surface area contributed by atoms with Crippen LogP contribution in [0.25, 0.3) is 0 Å². The number of urea groups is 1. The van der Waals surface area contributed by atoms with Gasteiger partial charge in [0, 0.05) is 13.1 Å². The minimum Gasteiger partial charge on any atom is -0.480 e. The Labute approximate surface area is 99.5 Å². The van der Waals surface area contributed by atoms with E-state index in [9.17, 15) is 14.4 Å². The van der Waals surface area contributed by atoms with Gasteiger partial charge in [0.05, 0.1) is 13.1 Å². The van der Waals surface area contributed by atoms with Crippen LogP contribution in [0.2, 0.25) is 0 Å². The molecule has 0 aromatic rings. The normalized spacial score (nSPS) is 9.76. The van der Waals surface area contributed by atoms with Crippen LogP contribution in [0, 0.1) is 0 Å². The second-order valence-corrected chi connectivity index (χ2v) is 3.26. The smallest absolute Gasteiger partial charge is 0.321 e. The Kier molecular flexibility index (Phi) is 7.36. The number of amides is 3. The fourth-order valence-electron chi connectivity index (χ4n) is 1.13. The first-order valence-corrected chi connectivity index (χ1v) is 5.12. The molecule has 0 aromatic carbocycles. The van der Waals surface area contributed by atoms with E-state index in [1.54, 1.807) is 6.92 Å². The van der Waals surface area contributed by atoms with Gasteiger partial charge in [0.15, 0.2) is 0 Å². The molecule has 3 amide bonds. The topological polar surface area (TPSA) is 98.7 Å². The second-order valence-electron chi connectivity index (χ2n) is 3.26. The third-order valence-corrected chi connectivity index (χ3v) is 1.70. The molecule has 0 radical (unpaired) electrons. The van der Waals surface area contributed by atoms with Crippen molar-refractivity contribution in [3.8, 4) is 0 Å². The lowest BCUT2D eigenvalue weighted by atomic mass is 10.4. The van der Waals surface area contributed by atoms with Crippen LogP contribution < -0.4 is 10.6 Å². The minimum atomic E-state index is -1.04. The molecule has 0 spiro atoms. The quantitative estimate of drug-likeness (QED) is 0.519. The summed E-state index contributed by atoms with van der Waals surface area (Å²) in [6.07, 6.45) is 1.49. The van der Waals surface area contributed by atoms with Crippen molar-refractivity contribution < 1.29 is 19.5 Å². The fraction of sp³-hybridized carbons (Fsp3) is 0.500. The summed E-state index contributed by atoms with van der Waals surface area (Å²) in [5.41, 5.74) is 0. The van der Waals surface area contributed by atoms with Crippen LogP contribution in [-0.4, -0.2) is 54.1 Å². The molecule has 0 saturated carbocycles. The summed E-state index contributed by atoms with van der Waals surface area (Å²) in [6, 6.07) is -0.591. The van der Waals surface area contributed by atoms with Crippen molar-refractivity contribution in [2.45, 2.75) is 6.92 Å². The van der Waals surface area contributed by atoms with Gasteiger partial charge < -0.3 is 10.4 Å². The third kappa shape index (κ3) is 7.97. The first-order valence-electron chi connectivity index (χ1n) is 5.12. The zero-order valence-corrected chi connectivity index (χ0v) is 9.73. The van der Waals surface area contributed by atoms with Gasteiger partial charge in [-0.15, -0.1) is 6.58 Å². The lowest BCUT2D eigenvalue weighted by molar-refractivity contribution is -0.138. The lowest BCUT2D eigenvalue weighted by Crippen LogP contribution is -2.45. The standard InChI is InChI=1S/C10H17N3O4/c1-3-5-13(7-9(15)16)6-8(14)12-10(17)11-4-2/h3H,1,4-7H2,2H3,(H,15,16)(H2,11,12,14,17). The zero-order valence-electron chi connectivity index (χ0n) is 9.73. The van der Waals surface area contributed by atoms with Crippen molar-refractivity contribution in [2.75, 3.05) is 26.2 Å². The van der Waals surface area contributed by atoms with E-state index in [0.717, 1.165) is 0 Å². The Morgan fingerprint density at radius 1 is 1.35 bits per heavy atom. The molecule has 0 unspecified atom stereocenters. The number of carbonyl (C=O) groups is 3. The van der Waals surface area contributed by atoms with Crippen molar-refractivity contribution in [3.05, 3.63) is 12.7 Å². The molecule has 0 aliphatic rings. The van der Waals surface area contributed by atoms with Gasteiger partial charge >= 0.3 is 12.0 Å². The van der Waals surface area contributed by atoms with Crippen LogP contribution in [-0.2, 0) is 9.59 Å². The first kappa shape index (κ1) is 15.1. The largest absolute Gasteiger partial charge is 0.480 e. The van der Waals surface area contributed by atoms with Crippen LogP contribution in [0.5, 0.6) is 0 Å². The highest BCUT2D eigenvalue weighted by molar-refractivity contribution is 5.95. The number of aliphatic carboxylic acids is 1. The number of carboxylic acids is 1. The van der Waals surface area contributed by atoms with Gasteiger partial charge in [-0.25, -0.2) is 4.79 Å². The Balaban J connectivity index is 4.15. The van der Waals surface area contributed by atoms with Gasteiger partial charge in [-0.1, -0.05) is 6.08 Å². The van der Waals surface area contributed by atoms with Gasteiger partial charge in [-0.05, 0) is 6.92 Å². The van der Waals surface area contributed by atoms with Crippen LogP contribution in [0.1, 0.15) is 6.92 Å². The number of hydrogen-bond acceptors (Lipinski definition) is 4. The monoisotopic (exact) mass is 243 g/mol. The Hall–Kier alpha value is -1.89. The number of hydrogen-bond donors (Lipinski definition) is 3. The summed E-state index contributed by atoms with van der Waals surface area (Å²) >= 11 is 0. The van der Waals surface area contributed by atoms with E-state index in [1.165, 1.54) is 11.0 Å². The summed E-state index contributed by atoms with van der Waals surface area (Å²) in [5.74, 6) is -1.60. The molecule has 0 atom stereocenters. The summed E-state index contributed by atoms with van der Waals surface area (Å²) in [5, 5.41) is 13.1. The molecule has 0 saturated heterocycles. The number of imide groups is 1. The average Bonchev–Trinajstić information content (AvgIpc) is 2.16. The highest BCUT2D eigenvalue weighted by Gasteiger charge is 2.14. The fourth-order valence-corrected chi connectivity index (χ4v) is 1.13. The van der Waals surface area contributed by atoms with Crippen LogP contribution in [0.4, 0.5) is 4.79 Å². The van der Waals surface area contributed by atoms with E-state index in [-0.39, 0.29) is 19.6 Å². The van der Waals surface area contributed by atoms with Gasteiger partial charge in [0.2, 0.25) is 5.91 Å². The van der Waals surface area contributed by atoms with E-state index in [4.69, 9.17) is 5.11 Å². The maximum Gasteiger partial charge on any atom is 0.321 e. The summed E-state index contributed by atoms with van der Waals surface area (Å²) in [4.78, 5) is 34.2. The predicted octanol–water partition coefficient (Wildman–Crippen LogP) is -0.595. The molecule has 0 rings (SSSR count). The highest BCUT2D eigenvalue weighted by atomic mass is 16.4. The van der Waals surface area contributed by atoms with E-state index in [2.05, 4.69) is 17.2 Å². The Bertz CT molecular complexity index is 304. The van der Waals surface area contributed by atoms with Crippen molar-refractivity contribution >= 4 is 17.9 Å². The molecular weight excluding hydrogens is 226 g/mol. The summed E-state index contributed by atoms with van der Waals surface area (Å²) in [6.45, 7) is 5.39. The van der Waals surface area contributed by atoms with E-state index < -0.39 is 17.9 Å². The van der Waals surface area contributed by atoms with Crippen molar-refractivity contribution in [1.82, 2.24) is 15.5 Å². The maximum atomic E-state index is 11.4. The molecule has 0 bridgehead atoms. The molecule has 96 valence electrons. The van der Waals surface area contributed by atoms with Crippen LogP contribution in [0.3, 0.4) is 0 Å². The molecule has 7 heteroatoms. The predicted molar refractivity (Wildman–Crippen MR) is 61.5 cm³/mol. The van der Waals surface area contributed by atoms with Crippen molar-refractivity contribution in [1.29, 1.82) is 0 Å². The van der Waals surface area contributed by atoms with Crippen molar-refractivity contribution in [3.63, 3.8) is 0 Å². The Morgan fingerprint density at radius 2 is 2.00 bits per heavy atom. The first-order chi connectivity index (χ1) is 7.99. The van der Waals surface area contributed by atoms with Crippen LogP contribution >= 0.6 is 0 Å². The van der Waals surface area contributed by atoms with Crippen LogP contribution in [0.15, 0.2) is 12.7 Å². The highest BCUT2D eigenvalue weighted by Crippen LogP contribution is 1.88. The molecule has 0 aliphatic carbocycles. The third-order valence-electron chi connectivity index (χ3n) is 1.70. The molecule has 17 heavy (non-hydrogen) atoms. The SMILES string of the molecule is C=CCN(CC(=O)O)CC(=O)NC(=O)NCC. The van der Waals surface area contributed by atoms with E-state index in [1.807, 2.05) is 0 Å². The number of carboxylic acid groups (broad SMARTS) is 1. The number of rotatable bonds is 7. The minimum absolute atomic E-state index is 0.171. The zero-order chi connectivity index (χ0) is 13.3. The van der Waals surface area contributed by atoms with Gasteiger partial charge in [-0.3, -0.25) is 19.8 Å². The number of nitrogens with one attached hydrogen (secondary N) is 2. The molecule has 0 heterocycles. The number of carbonyl (C=O) groups excluding carboxylic acids is 2. The molecule has 0 aliphatic heterocycles. The molecule has 0 aromatic heterocycles. The molecule has 7 nitrogen and oxygen atoms in total. The maximum absolute atomic E-state index is 11.4. The van der Waals surface area contributed by atoms with Gasteiger partial charge in [0.1, 0.15) is 0 Å². The molecular formula is C10H17N3O4. The summed E-state index contributed by atoms with van der Waals surface area (Å²) in [7, 11) is 0. The summed E-state index contributed by atoms with van der Waals surface area (Å²) < 4.78 is 0.